The predicted octanol–water partition coefficient (Wildman–Crippen LogP) is 3.64. The van der Waals surface area contributed by atoms with Crippen LogP contribution in [0.5, 0.6) is 5.75 Å². The molecular formula is C20H24N4O2S2. The Hall–Kier alpha value is -2.00. The molecule has 0 amide bonds. The number of rotatable bonds is 7. The monoisotopic (exact) mass is 416 g/mol. The van der Waals surface area contributed by atoms with Crippen LogP contribution in [0.15, 0.2) is 46.2 Å². The molecule has 0 aliphatic carbocycles. The van der Waals surface area contributed by atoms with Gasteiger partial charge in [0.25, 0.3) is 4.84 Å². The van der Waals surface area contributed by atoms with Gasteiger partial charge in [0.2, 0.25) is 5.89 Å². The third-order valence-electron chi connectivity index (χ3n) is 4.92. The Bertz CT molecular complexity index is 926. The van der Waals surface area contributed by atoms with Gasteiger partial charge in [-0.25, -0.2) is 4.68 Å². The number of nitrogens with zero attached hydrogens (tertiary/aromatic N) is 4. The molecule has 0 saturated carbocycles. The fraction of sp³-hybridized carbons (Fsp3) is 0.400. The number of thiophene rings is 1. The van der Waals surface area contributed by atoms with Crippen molar-refractivity contribution in [2.75, 3.05) is 33.3 Å². The molecule has 0 unspecified atom stereocenters. The van der Waals surface area contributed by atoms with Gasteiger partial charge in [-0.05, 0) is 41.4 Å². The Morgan fingerprint density at radius 1 is 1.11 bits per heavy atom. The highest BCUT2D eigenvalue weighted by molar-refractivity contribution is 7.71. The molecule has 148 valence electrons. The van der Waals surface area contributed by atoms with E-state index in [0.29, 0.717) is 23.8 Å². The molecule has 0 bridgehead atoms. The van der Waals surface area contributed by atoms with Crippen LogP contribution in [0.4, 0.5) is 0 Å². The minimum atomic E-state index is 0.435. The van der Waals surface area contributed by atoms with Gasteiger partial charge in [-0.3, -0.25) is 9.80 Å². The maximum atomic E-state index is 5.71. The summed E-state index contributed by atoms with van der Waals surface area (Å²) in [5.41, 5.74) is 1.12. The second-order valence-electron chi connectivity index (χ2n) is 6.90. The Morgan fingerprint density at radius 2 is 1.86 bits per heavy atom. The second kappa shape index (κ2) is 9.00. The zero-order valence-electron chi connectivity index (χ0n) is 15.9. The average Bonchev–Trinajstić information content (AvgIpc) is 3.34. The van der Waals surface area contributed by atoms with Crippen LogP contribution in [0.25, 0.3) is 0 Å². The first-order valence-corrected chi connectivity index (χ1v) is 10.7. The van der Waals surface area contributed by atoms with Gasteiger partial charge in [-0.15, -0.1) is 16.4 Å². The van der Waals surface area contributed by atoms with E-state index in [4.69, 9.17) is 21.4 Å². The van der Waals surface area contributed by atoms with E-state index in [1.165, 1.54) is 4.88 Å². The van der Waals surface area contributed by atoms with E-state index >= 15 is 0 Å². The molecule has 8 heteroatoms. The summed E-state index contributed by atoms with van der Waals surface area (Å²) in [5.74, 6) is 1.49. The summed E-state index contributed by atoms with van der Waals surface area (Å²) in [5, 5.41) is 6.72. The largest absolute Gasteiger partial charge is 0.497 e. The van der Waals surface area contributed by atoms with Crippen molar-refractivity contribution in [3.63, 3.8) is 0 Å². The van der Waals surface area contributed by atoms with E-state index in [2.05, 4.69) is 32.4 Å². The molecule has 0 atom stereocenters. The lowest BCUT2D eigenvalue weighted by Crippen LogP contribution is -2.46. The van der Waals surface area contributed by atoms with Gasteiger partial charge in [-0.1, -0.05) is 18.2 Å². The van der Waals surface area contributed by atoms with Crippen LogP contribution in [0.1, 0.15) is 16.3 Å². The van der Waals surface area contributed by atoms with Gasteiger partial charge in [-0.2, -0.15) is 0 Å². The van der Waals surface area contributed by atoms with E-state index in [1.54, 1.807) is 11.8 Å². The summed E-state index contributed by atoms with van der Waals surface area (Å²) in [6.45, 7) is 5.85. The molecule has 1 saturated heterocycles. The van der Waals surface area contributed by atoms with E-state index in [0.717, 1.165) is 44.0 Å². The van der Waals surface area contributed by atoms with Crippen LogP contribution in [0.2, 0.25) is 0 Å². The van der Waals surface area contributed by atoms with Gasteiger partial charge in [0.1, 0.15) is 5.75 Å². The molecule has 3 heterocycles. The first kappa shape index (κ1) is 19.3. The summed E-state index contributed by atoms with van der Waals surface area (Å²) < 4.78 is 12.7. The maximum Gasteiger partial charge on any atom is 0.288 e. The quantitative estimate of drug-likeness (QED) is 0.548. The van der Waals surface area contributed by atoms with Gasteiger partial charge < -0.3 is 9.15 Å². The van der Waals surface area contributed by atoms with Crippen molar-refractivity contribution in [1.29, 1.82) is 0 Å². The number of benzene rings is 1. The van der Waals surface area contributed by atoms with Crippen molar-refractivity contribution >= 4 is 23.6 Å². The minimum Gasteiger partial charge on any atom is -0.497 e. The summed E-state index contributed by atoms with van der Waals surface area (Å²) in [6, 6.07) is 12.2. The Kier molecular flexibility index (Phi) is 6.21. The van der Waals surface area contributed by atoms with Crippen molar-refractivity contribution in [3.05, 3.63) is 62.9 Å². The van der Waals surface area contributed by atoms with Crippen LogP contribution >= 0.6 is 23.6 Å². The fourth-order valence-corrected chi connectivity index (χ4v) is 4.27. The number of hydrogen-bond donors (Lipinski definition) is 0. The molecule has 0 N–H and O–H groups in total. The molecule has 0 spiro atoms. The number of aromatic nitrogens is 2. The number of ether oxygens (including phenoxy) is 1. The maximum absolute atomic E-state index is 5.71. The normalized spacial score (nSPS) is 15.8. The SMILES string of the molecule is COc1ccc(Cc2nn(CN3CCN(Cc4cccs4)CC3)c(=S)o2)cc1. The lowest BCUT2D eigenvalue weighted by molar-refractivity contribution is 0.0980. The zero-order valence-corrected chi connectivity index (χ0v) is 17.5. The Labute approximate surface area is 174 Å². The summed E-state index contributed by atoms with van der Waals surface area (Å²) in [6.07, 6.45) is 0.620. The minimum absolute atomic E-state index is 0.435. The van der Waals surface area contributed by atoms with Crippen LogP contribution in [-0.2, 0) is 19.6 Å². The molecule has 1 aliphatic heterocycles. The third-order valence-corrected chi connectivity index (χ3v) is 6.08. The molecule has 1 aliphatic rings. The summed E-state index contributed by atoms with van der Waals surface area (Å²) in [4.78, 5) is 6.74. The molecule has 0 radical (unpaired) electrons. The van der Waals surface area contributed by atoms with Crippen LogP contribution in [-0.4, -0.2) is 52.9 Å². The standard InChI is InChI=1S/C20H24N4O2S2/c1-25-17-6-4-16(5-7-17)13-19-21-24(20(27)26-19)15-23-10-8-22(9-11-23)14-18-3-2-12-28-18/h2-7,12H,8-11,13-15H2,1H3. The van der Waals surface area contributed by atoms with E-state index in [1.807, 2.05) is 35.6 Å². The number of hydrogen-bond acceptors (Lipinski definition) is 7. The molecule has 1 fully saturated rings. The first-order chi connectivity index (χ1) is 13.7. The first-order valence-electron chi connectivity index (χ1n) is 9.36. The highest BCUT2D eigenvalue weighted by Gasteiger charge is 2.18. The van der Waals surface area contributed by atoms with Crippen LogP contribution < -0.4 is 4.74 Å². The van der Waals surface area contributed by atoms with Crippen molar-refractivity contribution < 1.29 is 9.15 Å². The molecular weight excluding hydrogens is 392 g/mol. The molecule has 3 aromatic rings. The Morgan fingerprint density at radius 3 is 2.54 bits per heavy atom. The van der Waals surface area contributed by atoms with Gasteiger partial charge in [0, 0.05) is 37.6 Å². The Balaban J connectivity index is 1.31. The van der Waals surface area contributed by atoms with Gasteiger partial charge >= 0.3 is 0 Å². The van der Waals surface area contributed by atoms with Crippen LogP contribution in [0, 0.1) is 4.84 Å². The van der Waals surface area contributed by atoms with Crippen molar-refractivity contribution in [2.45, 2.75) is 19.6 Å². The van der Waals surface area contributed by atoms with Crippen LogP contribution in [0.3, 0.4) is 0 Å². The fourth-order valence-electron chi connectivity index (χ4n) is 3.33. The van der Waals surface area contributed by atoms with E-state index < -0.39 is 0 Å². The van der Waals surface area contributed by atoms with Crippen molar-refractivity contribution in [2.24, 2.45) is 0 Å². The highest BCUT2D eigenvalue weighted by atomic mass is 32.1. The second-order valence-corrected chi connectivity index (χ2v) is 8.28. The van der Waals surface area contributed by atoms with Gasteiger partial charge in [0.15, 0.2) is 0 Å². The molecule has 2 aromatic heterocycles. The summed E-state index contributed by atoms with van der Waals surface area (Å²) in [7, 11) is 1.66. The molecule has 4 rings (SSSR count). The van der Waals surface area contributed by atoms with Gasteiger partial charge in [0.05, 0.1) is 20.2 Å². The number of methoxy groups -OCH3 is 1. The van der Waals surface area contributed by atoms with E-state index in [9.17, 15) is 0 Å². The molecule has 1 aromatic carbocycles. The summed E-state index contributed by atoms with van der Waals surface area (Å²) >= 11 is 7.20. The van der Waals surface area contributed by atoms with Crippen molar-refractivity contribution in [1.82, 2.24) is 19.6 Å². The van der Waals surface area contributed by atoms with Crippen molar-refractivity contribution in [3.8, 4) is 5.75 Å². The number of piperazine rings is 1. The zero-order chi connectivity index (χ0) is 19.3. The molecule has 28 heavy (non-hydrogen) atoms. The van der Waals surface area contributed by atoms with E-state index in [-0.39, 0.29) is 0 Å². The highest BCUT2D eigenvalue weighted by Crippen LogP contribution is 2.16. The average molecular weight is 417 g/mol. The predicted molar refractivity (Wildman–Crippen MR) is 112 cm³/mol. The molecule has 6 nitrogen and oxygen atoms in total. The topological polar surface area (TPSA) is 46.7 Å². The smallest absolute Gasteiger partial charge is 0.288 e. The lowest BCUT2D eigenvalue weighted by Gasteiger charge is -2.34. The lowest BCUT2D eigenvalue weighted by atomic mass is 10.1. The third kappa shape index (κ3) is 4.88.